The number of anilines is 1. The van der Waals surface area contributed by atoms with Crippen LogP contribution in [0.4, 0.5) is 5.82 Å². The zero-order chi connectivity index (χ0) is 22.7. The van der Waals surface area contributed by atoms with Crippen molar-refractivity contribution >= 4 is 23.5 Å². The Kier molecular flexibility index (Phi) is 6.12. The predicted molar refractivity (Wildman–Crippen MR) is 122 cm³/mol. The molecule has 1 aliphatic rings. The average Bonchev–Trinajstić information content (AvgIpc) is 3.07. The van der Waals surface area contributed by atoms with E-state index in [4.69, 9.17) is 0 Å². The highest BCUT2D eigenvalue weighted by molar-refractivity contribution is 6.23. The number of imide groups is 1. The summed E-state index contributed by atoms with van der Waals surface area (Å²) in [7, 11) is 0. The third-order valence-electron chi connectivity index (χ3n) is 5.49. The van der Waals surface area contributed by atoms with Gasteiger partial charge in [0.05, 0.1) is 17.7 Å². The molecular weight excluding hydrogens is 402 g/mol. The molecule has 0 unspecified atom stereocenters. The highest BCUT2D eigenvalue weighted by atomic mass is 16.2. The zero-order valence-electron chi connectivity index (χ0n) is 18.1. The Balaban J connectivity index is 1.73. The van der Waals surface area contributed by atoms with E-state index in [0.717, 1.165) is 10.5 Å². The zero-order valence-corrected chi connectivity index (χ0v) is 18.1. The van der Waals surface area contributed by atoms with Gasteiger partial charge < -0.3 is 0 Å². The Labute approximate surface area is 187 Å². The normalized spacial score (nSPS) is 13.9. The van der Waals surface area contributed by atoms with Gasteiger partial charge in [0.15, 0.2) is 0 Å². The van der Waals surface area contributed by atoms with Crippen LogP contribution in [0.2, 0.25) is 0 Å². The highest BCUT2D eigenvalue weighted by Gasteiger charge is 2.44. The number of fused-ring (bicyclic) bond motifs is 1. The summed E-state index contributed by atoms with van der Waals surface area (Å²) in [6.45, 7) is 4.23. The predicted octanol–water partition coefficient (Wildman–Crippen LogP) is 4.33. The molecule has 0 N–H and O–H groups in total. The van der Waals surface area contributed by atoms with E-state index in [-0.39, 0.29) is 18.4 Å². The topological polar surface area (TPSA) is 70.6 Å². The summed E-state index contributed by atoms with van der Waals surface area (Å²) in [5.41, 5.74) is 1.61. The Bertz CT molecular complexity index is 1090. The van der Waals surface area contributed by atoms with Crippen LogP contribution in [0.3, 0.4) is 0 Å². The number of rotatable bonds is 7. The van der Waals surface area contributed by atoms with Gasteiger partial charge in [0.1, 0.15) is 11.9 Å². The van der Waals surface area contributed by atoms with Gasteiger partial charge in [-0.25, -0.2) is 4.98 Å². The van der Waals surface area contributed by atoms with Crippen LogP contribution >= 0.6 is 0 Å². The average molecular weight is 428 g/mol. The fourth-order valence-electron chi connectivity index (χ4n) is 3.99. The molecule has 4 rings (SSSR count). The maximum atomic E-state index is 14.0. The van der Waals surface area contributed by atoms with Crippen molar-refractivity contribution in [3.63, 3.8) is 0 Å². The van der Waals surface area contributed by atoms with Gasteiger partial charge in [-0.15, -0.1) is 0 Å². The molecule has 0 spiro atoms. The lowest BCUT2D eigenvalue weighted by Gasteiger charge is -2.32. The second kappa shape index (κ2) is 9.14. The lowest BCUT2D eigenvalue weighted by molar-refractivity contribution is -0.123. The fourth-order valence-corrected chi connectivity index (χ4v) is 3.99. The van der Waals surface area contributed by atoms with E-state index in [1.54, 1.807) is 47.5 Å². The number of carbonyl (C=O) groups excluding carboxylic acids is 3. The first-order valence-electron chi connectivity index (χ1n) is 10.7. The maximum absolute atomic E-state index is 14.0. The molecule has 6 nitrogen and oxygen atoms in total. The molecule has 0 radical (unpaired) electrons. The van der Waals surface area contributed by atoms with Crippen LogP contribution in [0.25, 0.3) is 0 Å². The Morgan fingerprint density at radius 2 is 1.47 bits per heavy atom. The summed E-state index contributed by atoms with van der Waals surface area (Å²) in [5, 5.41) is 0. The lowest BCUT2D eigenvalue weighted by atomic mass is 10.0. The minimum atomic E-state index is -0.923. The standard InChI is InChI=1S/C26H25N3O3/c1-18(2)16-22(29-24(30)20-12-6-7-13-21(20)25(29)31)26(32)28(23-14-8-9-15-27-23)17-19-10-4-3-5-11-19/h3-15,18,22H,16-17H2,1-2H3/t22-/m1/s1. The fraction of sp³-hybridized carbons (Fsp3) is 0.231. The Hall–Kier alpha value is -3.80. The van der Waals surface area contributed by atoms with Crippen molar-refractivity contribution in [2.75, 3.05) is 4.90 Å². The van der Waals surface area contributed by atoms with Crippen molar-refractivity contribution in [2.24, 2.45) is 5.92 Å². The summed E-state index contributed by atoms with van der Waals surface area (Å²) < 4.78 is 0. The molecule has 0 fully saturated rings. The minimum absolute atomic E-state index is 0.0931. The van der Waals surface area contributed by atoms with Gasteiger partial charge in [-0.1, -0.05) is 62.4 Å². The van der Waals surface area contributed by atoms with Gasteiger partial charge in [0, 0.05) is 6.20 Å². The van der Waals surface area contributed by atoms with Crippen molar-refractivity contribution in [1.29, 1.82) is 0 Å². The summed E-state index contributed by atoms with van der Waals surface area (Å²) in [6, 6.07) is 20.7. The first-order valence-corrected chi connectivity index (χ1v) is 10.7. The molecular formula is C26H25N3O3. The van der Waals surface area contributed by atoms with E-state index in [1.165, 1.54) is 0 Å². The number of pyridine rings is 1. The van der Waals surface area contributed by atoms with E-state index < -0.39 is 17.9 Å². The Morgan fingerprint density at radius 1 is 0.875 bits per heavy atom. The largest absolute Gasteiger partial charge is 0.291 e. The van der Waals surface area contributed by atoms with E-state index in [0.29, 0.717) is 23.4 Å². The molecule has 0 saturated carbocycles. The molecule has 2 heterocycles. The van der Waals surface area contributed by atoms with E-state index in [1.807, 2.05) is 50.2 Å². The minimum Gasteiger partial charge on any atom is -0.291 e. The first-order chi connectivity index (χ1) is 15.5. The number of amides is 3. The van der Waals surface area contributed by atoms with Gasteiger partial charge in [0.2, 0.25) is 0 Å². The third-order valence-corrected chi connectivity index (χ3v) is 5.49. The van der Waals surface area contributed by atoms with Crippen molar-refractivity contribution in [3.8, 4) is 0 Å². The quantitative estimate of drug-likeness (QED) is 0.527. The molecule has 3 amide bonds. The summed E-state index contributed by atoms with van der Waals surface area (Å²) in [4.78, 5) is 47.4. The number of hydrogen-bond donors (Lipinski definition) is 0. The van der Waals surface area contributed by atoms with Gasteiger partial charge in [-0.05, 0) is 42.2 Å². The van der Waals surface area contributed by atoms with Gasteiger partial charge in [-0.3, -0.25) is 24.2 Å². The van der Waals surface area contributed by atoms with Crippen LogP contribution in [-0.4, -0.2) is 33.6 Å². The molecule has 0 aliphatic carbocycles. The molecule has 1 aliphatic heterocycles. The van der Waals surface area contributed by atoms with Crippen LogP contribution in [0.15, 0.2) is 79.0 Å². The molecule has 1 aromatic heterocycles. The number of aromatic nitrogens is 1. The molecule has 1 atom stereocenters. The SMILES string of the molecule is CC(C)C[C@H](C(=O)N(Cc1ccccc1)c1ccccn1)N1C(=O)c2ccccc2C1=O. The second-order valence-corrected chi connectivity index (χ2v) is 8.27. The number of benzene rings is 2. The van der Waals surface area contributed by atoms with Gasteiger partial charge in [0.25, 0.3) is 17.7 Å². The number of carbonyl (C=O) groups is 3. The summed E-state index contributed by atoms with van der Waals surface area (Å²) in [6.07, 6.45) is 1.99. The van der Waals surface area contributed by atoms with Crippen molar-refractivity contribution in [1.82, 2.24) is 9.88 Å². The molecule has 162 valence electrons. The van der Waals surface area contributed by atoms with Crippen molar-refractivity contribution in [3.05, 3.63) is 95.7 Å². The summed E-state index contributed by atoms with van der Waals surface area (Å²) in [5.74, 6) is -0.603. The molecule has 6 heteroatoms. The van der Waals surface area contributed by atoms with E-state index >= 15 is 0 Å². The van der Waals surface area contributed by atoms with Gasteiger partial charge in [-0.2, -0.15) is 0 Å². The smallest absolute Gasteiger partial charge is 0.262 e. The van der Waals surface area contributed by atoms with E-state index in [2.05, 4.69) is 4.98 Å². The third kappa shape index (κ3) is 4.17. The van der Waals surface area contributed by atoms with Crippen LogP contribution < -0.4 is 4.90 Å². The Morgan fingerprint density at radius 3 is 2.03 bits per heavy atom. The summed E-state index contributed by atoms with van der Waals surface area (Å²) >= 11 is 0. The lowest BCUT2D eigenvalue weighted by Crippen LogP contribution is -2.51. The molecule has 2 aromatic carbocycles. The first kappa shape index (κ1) is 21.4. The van der Waals surface area contributed by atoms with Crippen LogP contribution in [0.1, 0.15) is 46.5 Å². The monoisotopic (exact) mass is 427 g/mol. The van der Waals surface area contributed by atoms with Crippen LogP contribution in [-0.2, 0) is 11.3 Å². The number of nitrogens with zero attached hydrogens (tertiary/aromatic N) is 3. The van der Waals surface area contributed by atoms with Gasteiger partial charge >= 0.3 is 0 Å². The molecule has 0 bridgehead atoms. The van der Waals surface area contributed by atoms with Crippen molar-refractivity contribution in [2.45, 2.75) is 32.9 Å². The molecule has 32 heavy (non-hydrogen) atoms. The van der Waals surface area contributed by atoms with Crippen LogP contribution in [0, 0.1) is 5.92 Å². The molecule has 3 aromatic rings. The maximum Gasteiger partial charge on any atom is 0.262 e. The number of hydrogen-bond acceptors (Lipinski definition) is 4. The van der Waals surface area contributed by atoms with Crippen LogP contribution in [0.5, 0.6) is 0 Å². The highest BCUT2D eigenvalue weighted by Crippen LogP contribution is 2.29. The second-order valence-electron chi connectivity index (χ2n) is 8.27. The van der Waals surface area contributed by atoms with Crippen molar-refractivity contribution < 1.29 is 14.4 Å². The molecule has 0 saturated heterocycles. The van der Waals surface area contributed by atoms with E-state index in [9.17, 15) is 14.4 Å².